The van der Waals surface area contributed by atoms with Crippen LogP contribution in [0.25, 0.3) is 0 Å². The van der Waals surface area contributed by atoms with Crippen LogP contribution in [0.5, 0.6) is 5.75 Å². The van der Waals surface area contributed by atoms with Gasteiger partial charge in [-0.3, -0.25) is 4.90 Å². The fourth-order valence-electron chi connectivity index (χ4n) is 2.91. The molecule has 110 valence electrons. The summed E-state index contributed by atoms with van der Waals surface area (Å²) in [7, 11) is 1.58. The van der Waals surface area contributed by atoms with Crippen molar-refractivity contribution in [2.45, 2.75) is 38.8 Å². The molecule has 0 radical (unpaired) electrons. The van der Waals surface area contributed by atoms with Gasteiger partial charge >= 0.3 is 0 Å². The van der Waals surface area contributed by atoms with Gasteiger partial charge in [0, 0.05) is 12.6 Å². The second-order valence-corrected chi connectivity index (χ2v) is 5.19. The van der Waals surface area contributed by atoms with Crippen molar-refractivity contribution in [3.05, 3.63) is 29.3 Å². The molecule has 0 bridgehead atoms. The number of hydrogen-bond acceptors (Lipinski definition) is 4. The number of amidine groups is 1. The smallest absolute Gasteiger partial charge is 0.173 e. The predicted molar refractivity (Wildman–Crippen MR) is 79.2 cm³/mol. The minimum Gasteiger partial charge on any atom is -0.496 e. The summed E-state index contributed by atoms with van der Waals surface area (Å²) in [5.41, 5.74) is 7.51. The quantitative estimate of drug-likeness (QED) is 0.374. The molecular weight excluding hydrogens is 254 g/mol. The van der Waals surface area contributed by atoms with Gasteiger partial charge in [-0.05, 0) is 43.5 Å². The summed E-state index contributed by atoms with van der Waals surface area (Å²) in [5, 5.41) is 11.9. The SMILES string of the molecule is CCC1CCCN1Cc1ccc(OC)c(C(N)=NO)c1. The molecule has 1 aliphatic heterocycles. The van der Waals surface area contributed by atoms with E-state index in [1.54, 1.807) is 7.11 Å². The van der Waals surface area contributed by atoms with Gasteiger partial charge in [0.05, 0.1) is 12.7 Å². The normalized spacial score (nSPS) is 20.3. The Kier molecular flexibility index (Phi) is 4.84. The summed E-state index contributed by atoms with van der Waals surface area (Å²) in [6.07, 6.45) is 3.73. The molecule has 0 saturated carbocycles. The van der Waals surface area contributed by atoms with Crippen LogP contribution in [0.1, 0.15) is 37.3 Å². The van der Waals surface area contributed by atoms with Gasteiger partial charge in [0.2, 0.25) is 0 Å². The predicted octanol–water partition coefficient (Wildman–Crippen LogP) is 2.16. The molecule has 5 heteroatoms. The second kappa shape index (κ2) is 6.61. The lowest BCUT2D eigenvalue weighted by Gasteiger charge is -2.23. The van der Waals surface area contributed by atoms with Crippen molar-refractivity contribution in [2.24, 2.45) is 10.9 Å². The number of nitrogens with zero attached hydrogens (tertiary/aromatic N) is 2. The van der Waals surface area contributed by atoms with E-state index in [4.69, 9.17) is 15.7 Å². The van der Waals surface area contributed by atoms with Crippen LogP contribution in [-0.2, 0) is 6.54 Å². The molecule has 0 spiro atoms. The number of oxime groups is 1. The van der Waals surface area contributed by atoms with Crippen LogP contribution in [0.15, 0.2) is 23.4 Å². The lowest BCUT2D eigenvalue weighted by Crippen LogP contribution is -2.28. The highest BCUT2D eigenvalue weighted by Gasteiger charge is 2.23. The Hall–Kier alpha value is -1.75. The van der Waals surface area contributed by atoms with Gasteiger partial charge in [0.25, 0.3) is 0 Å². The van der Waals surface area contributed by atoms with Gasteiger partial charge in [-0.2, -0.15) is 0 Å². The molecule has 0 aliphatic carbocycles. The van der Waals surface area contributed by atoms with Gasteiger partial charge in [0.15, 0.2) is 5.84 Å². The largest absolute Gasteiger partial charge is 0.496 e. The van der Waals surface area contributed by atoms with Crippen LogP contribution in [-0.4, -0.2) is 35.6 Å². The maximum absolute atomic E-state index is 8.86. The number of benzene rings is 1. The molecule has 0 aromatic heterocycles. The number of likely N-dealkylation sites (tertiary alicyclic amines) is 1. The third-order valence-electron chi connectivity index (χ3n) is 4.00. The standard InChI is InChI=1S/C15H23N3O2/c1-3-12-5-4-8-18(12)10-11-6-7-14(20-2)13(9-11)15(16)17-19/h6-7,9,12,19H,3-5,8,10H2,1-2H3,(H2,16,17). The lowest BCUT2D eigenvalue weighted by molar-refractivity contribution is 0.240. The Bertz CT molecular complexity index is 488. The Morgan fingerprint density at radius 2 is 2.35 bits per heavy atom. The van der Waals surface area contributed by atoms with Crippen LogP contribution in [0.3, 0.4) is 0 Å². The van der Waals surface area contributed by atoms with Crippen molar-refractivity contribution in [3.63, 3.8) is 0 Å². The molecule has 1 aliphatic rings. The molecule has 1 atom stereocenters. The maximum atomic E-state index is 8.86. The topological polar surface area (TPSA) is 71.1 Å². The van der Waals surface area contributed by atoms with Gasteiger partial charge in [-0.25, -0.2) is 0 Å². The minimum atomic E-state index is 0.0807. The lowest BCUT2D eigenvalue weighted by atomic mass is 10.1. The minimum absolute atomic E-state index is 0.0807. The van der Waals surface area contributed by atoms with E-state index < -0.39 is 0 Å². The third-order valence-corrected chi connectivity index (χ3v) is 4.00. The van der Waals surface area contributed by atoms with Crippen LogP contribution < -0.4 is 10.5 Å². The van der Waals surface area contributed by atoms with Crippen molar-refractivity contribution in [1.82, 2.24) is 4.90 Å². The number of ether oxygens (including phenoxy) is 1. The maximum Gasteiger partial charge on any atom is 0.173 e. The number of hydrogen-bond donors (Lipinski definition) is 2. The van der Waals surface area contributed by atoms with Gasteiger partial charge in [-0.1, -0.05) is 18.1 Å². The van der Waals surface area contributed by atoms with Crippen molar-refractivity contribution in [2.75, 3.05) is 13.7 Å². The number of nitrogens with two attached hydrogens (primary N) is 1. The van der Waals surface area contributed by atoms with E-state index in [-0.39, 0.29) is 5.84 Å². The highest BCUT2D eigenvalue weighted by atomic mass is 16.5. The van der Waals surface area contributed by atoms with Crippen molar-refractivity contribution in [1.29, 1.82) is 0 Å². The van der Waals surface area contributed by atoms with Crippen LogP contribution in [0, 0.1) is 0 Å². The molecular formula is C15H23N3O2. The zero-order valence-corrected chi connectivity index (χ0v) is 12.2. The second-order valence-electron chi connectivity index (χ2n) is 5.19. The van der Waals surface area contributed by atoms with E-state index in [0.29, 0.717) is 17.4 Å². The van der Waals surface area contributed by atoms with Crippen LogP contribution >= 0.6 is 0 Å². The van der Waals surface area contributed by atoms with Crippen molar-refractivity contribution in [3.8, 4) is 5.75 Å². The summed E-state index contributed by atoms with van der Waals surface area (Å²) in [6, 6.07) is 6.53. The Morgan fingerprint density at radius 1 is 1.55 bits per heavy atom. The van der Waals surface area contributed by atoms with E-state index in [9.17, 15) is 0 Å². The fraction of sp³-hybridized carbons (Fsp3) is 0.533. The molecule has 1 heterocycles. The highest BCUT2D eigenvalue weighted by Crippen LogP contribution is 2.25. The third kappa shape index (κ3) is 3.04. The molecule has 3 N–H and O–H groups in total. The Balaban J connectivity index is 2.20. The molecule has 0 amide bonds. The summed E-state index contributed by atoms with van der Waals surface area (Å²) < 4.78 is 5.25. The zero-order valence-electron chi connectivity index (χ0n) is 12.2. The molecule has 1 saturated heterocycles. The Labute approximate surface area is 120 Å². The first-order chi connectivity index (χ1) is 9.69. The van der Waals surface area contributed by atoms with Crippen LogP contribution in [0.2, 0.25) is 0 Å². The average Bonchev–Trinajstić information content (AvgIpc) is 2.93. The van der Waals surface area contributed by atoms with Gasteiger partial charge < -0.3 is 15.7 Å². The molecule has 2 rings (SSSR count). The fourth-order valence-corrected chi connectivity index (χ4v) is 2.91. The molecule has 1 fully saturated rings. The van der Waals surface area contributed by atoms with Gasteiger partial charge in [0.1, 0.15) is 5.75 Å². The van der Waals surface area contributed by atoms with E-state index in [1.807, 2.05) is 18.2 Å². The monoisotopic (exact) mass is 277 g/mol. The summed E-state index contributed by atoms with van der Waals surface area (Å²) in [5.74, 6) is 0.703. The first-order valence-electron chi connectivity index (χ1n) is 7.08. The number of rotatable bonds is 5. The molecule has 1 aromatic rings. The van der Waals surface area contributed by atoms with Crippen LogP contribution in [0.4, 0.5) is 0 Å². The van der Waals surface area contributed by atoms with Crippen molar-refractivity contribution < 1.29 is 9.94 Å². The molecule has 1 unspecified atom stereocenters. The van der Waals surface area contributed by atoms with Crippen molar-refractivity contribution >= 4 is 5.84 Å². The van der Waals surface area contributed by atoms with E-state index in [2.05, 4.69) is 17.0 Å². The van der Waals surface area contributed by atoms with E-state index in [1.165, 1.54) is 19.3 Å². The Morgan fingerprint density at radius 3 is 3.00 bits per heavy atom. The average molecular weight is 277 g/mol. The van der Waals surface area contributed by atoms with Gasteiger partial charge in [-0.15, -0.1) is 0 Å². The van der Waals surface area contributed by atoms with E-state index >= 15 is 0 Å². The number of methoxy groups -OCH3 is 1. The first kappa shape index (κ1) is 14.7. The molecule has 5 nitrogen and oxygen atoms in total. The van der Waals surface area contributed by atoms with E-state index in [0.717, 1.165) is 18.7 Å². The first-order valence-corrected chi connectivity index (χ1v) is 7.08. The zero-order chi connectivity index (χ0) is 14.5. The summed E-state index contributed by atoms with van der Waals surface area (Å²) >= 11 is 0. The molecule has 1 aromatic carbocycles. The summed E-state index contributed by atoms with van der Waals surface area (Å²) in [6.45, 7) is 4.27. The molecule has 20 heavy (non-hydrogen) atoms. The highest BCUT2D eigenvalue weighted by molar-refractivity contribution is 5.99. The summed E-state index contributed by atoms with van der Waals surface area (Å²) in [4.78, 5) is 2.50.